The Balaban J connectivity index is 3.05. The molecule has 118 valence electrons. The van der Waals surface area contributed by atoms with Gasteiger partial charge in [0.15, 0.2) is 0 Å². The Labute approximate surface area is 130 Å². The molecule has 1 unspecified atom stereocenters. The van der Waals surface area contributed by atoms with Crippen LogP contribution in [0, 0.1) is 0 Å². The van der Waals surface area contributed by atoms with Crippen LogP contribution in [0.3, 0.4) is 0 Å². The third kappa shape index (κ3) is 5.22. The van der Waals surface area contributed by atoms with Crippen LogP contribution in [-0.2, 0) is 15.7 Å². The quantitative estimate of drug-likeness (QED) is 0.746. The molecule has 0 saturated heterocycles. The maximum atomic E-state index is 13.0. The Morgan fingerprint density at radius 1 is 1.43 bits per heavy atom. The summed E-state index contributed by atoms with van der Waals surface area (Å²) in [5, 5.41) is 2.65. The van der Waals surface area contributed by atoms with E-state index in [4.69, 9.17) is 0 Å². The molecule has 0 heterocycles. The van der Waals surface area contributed by atoms with Crippen LogP contribution in [0.15, 0.2) is 22.7 Å². The first-order valence-electron chi connectivity index (χ1n) is 6.50. The summed E-state index contributed by atoms with van der Waals surface area (Å²) in [5.74, 6) is -0.570. The minimum atomic E-state index is -4.50. The molecular weight excluding hydrogens is 351 g/mol. The normalized spacial score (nSPS) is 12.9. The second-order valence-electron chi connectivity index (χ2n) is 4.55. The summed E-state index contributed by atoms with van der Waals surface area (Å²) in [6.07, 6.45) is -2.54. The first kappa shape index (κ1) is 17.8. The summed E-state index contributed by atoms with van der Waals surface area (Å²) in [6.45, 7) is 1.94. The maximum absolute atomic E-state index is 13.0. The lowest BCUT2D eigenvalue weighted by Gasteiger charge is -2.21. The van der Waals surface area contributed by atoms with Crippen molar-refractivity contribution in [1.29, 1.82) is 0 Å². The number of carbonyl (C=O) groups is 1. The second-order valence-corrected chi connectivity index (χ2v) is 5.47. The number of ether oxygens (including phenoxy) is 1. The Morgan fingerprint density at radius 2 is 2.10 bits per heavy atom. The van der Waals surface area contributed by atoms with E-state index in [1.165, 1.54) is 19.2 Å². The molecule has 0 radical (unpaired) electrons. The Bertz CT molecular complexity index is 492. The van der Waals surface area contributed by atoms with Gasteiger partial charge in [-0.2, -0.15) is 13.2 Å². The SMILES string of the molecule is CCCCC(Nc1ccc(Br)cc1C(F)(F)F)C(=O)OC. The summed E-state index contributed by atoms with van der Waals surface area (Å²) in [5.41, 5.74) is -0.945. The number of halogens is 4. The molecule has 0 aliphatic heterocycles. The van der Waals surface area contributed by atoms with Gasteiger partial charge >= 0.3 is 12.1 Å². The number of hydrogen-bond acceptors (Lipinski definition) is 3. The van der Waals surface area contributed by atoms with Gasteiger partial charge in [0.1, 0.15) is 6.04 Å². The summed E-state index contributed by atoms with van der Waals surface area (Å²) >= 11 is 3.02. The van der Waals surface area contributed by atoms with Crippen LogP contribution in [0.2, 0.25) is 0 Å². The summed E-state index contributed by atoms with van der Waals surface area (Å²) in [6, 6.07) is 2.98. The van der Waals surface area contributed by atoms with Crippen LogP contribution in [0.5, 0.6) is 0 Å². The number of nitrogens with one attached hydrogen (secondary N) is 1. The monoisotopic (exact) mass is 367 g/mol. The highest BCUT2D eigenvalue weighted by molar-refractivity contribution is 9.10. The van der Waals surface area contributed by atoms with Gasteiger partial charge < -0.3 is 10.1 Å². The standard InChI is InChI=1S/C14H17BrF3NO2/c1-3-4-5-12(13(20)21-2)19-11-7-6-9(15)8-10(11)14(16,17)18/h6-8,12,19H,3-5H2,1-2H3. The highest BCUT2D eigenvalue weighted by Gasteiger charge is 2.34. The average Bonchev–Trinajstić information content (AvgIpc) is 2.42. The van der Waals surface area contributed by atoms with E-state index in [0.717, 1.165) is 12.5 Å². The van der Waals surface area contributed by atoms with Crippen molar-refractivity contribution in [3.63, 3.8) is 0 Å². The predicted octanol–water partition coefficient (Wildman–Crippen LogP) is 4.61. The zero-order valence-corrected chi connectivity index (χ0v) is 13.3. The van der Waals surface area contributed by atoms with Gasteiger partial charge in [0, 0.05) is 10.2 Å². The molecule has 7 heteroatoms. The molecule has 0 bridgehead atoms. The molecular formula is C14H17BrF3NO2. The van der Waals surface area contributed by atoms with Crippen molar-refractivity contribution in [1.82, 2.24) is 0 Å². The fourth-order valence-electron chi connectivity index (χ4n) is 1.86. The number of rotatable bonds is 6. The van der Waals surface area contributed by atoms with Gasteiger partial charge in [0.05, 0.1) is 12.7 Å². The van der Waals surface area contributed by atoms with E-state index in [1.807, 2.05) is 6.92 Å². The average molecular weight is 368 g/mol. The Hall–Kier alpha value is -1.24. The number of esters is 1. The highest BCUT2D eigenvalue weighted by atomic mass is 79.9. The fraction of sp³-hybridized carbons (Fsp3) is 0.500. The minimum absolute atomic E-state index is 0.128. The molecule has 0 aromatic heterocycles. The van der Waals surface area contributed by atoms with Gasteiger partial charge in [0.2, 0.25) is 0 Å². The molecule has 1 rings (SSSR count). The first-order valence-corrected chi connectivity index (χ1v) is 7.30. The van der Waals surface area contributed by atoms with Crippen LogP contribution in [-0.4, -0.2) is 19.1 Å². The first-order chi connectivity index (χ1) is 9.79. The van der Waals surface area contributed by atoms with Gasteiger partial charge in [-0.25, -0.2) is 4.79 Å². The van der Waals surface area contributed by atoms with E-state index in [2.05, 4.69) is 26.0 Å². The number of carbonyl (C=O) groups excluding carboxylic acids is 1. The zero-order valence-electron chi connectivity index (χ0n) is 11.8. The van der Waals surface area contributed by atoms with Crippen LogP contribution >= 0.6 is 15.9 Å². The van der Waals surface area contributed by atoms with Gasteiger partial charge in [0.25, 0.3) is 0 Å². The number of unbranched alkanes of at least 4 members (excludes halogenated alkanes) is 1. The molecule has 0 amide bonds. The van der Waals surface area contributed by atoms with Crippen molar-refractivity contribution in [2.75, 3.05) is 12.4 Å². The van der Waals surface area contributed by atoms with E-state index < -0.39 is 23.8 Å². The van der Waals surface area contributed by atoms with Crippen LogP contribution in [0.1, 0.15) is 31.7 Å². The summed E-state index contributed by atoms with van der Waals surface area (Å²) in [4.78, 5) is 11.7. The predicted molar refractivity (Wildman–Crippen MR) is 78.1 cm³/mol. The number of alkyl halides is 3. The van der Waals surface area contributed by atoms with Crippen molar-refractivity contribution in [2.24, 2.45) is 0 Å². The summed E-state index contributed by atoms with van der Waals surface area (Å²) < 4.78 is 44.1. The van der Waals surface area contributed by atoms with E-state index in [0.29, 0.717) is 17.3 Å². The Kier molecular flexibility index (Phi) is 6.51. The van der Waals surface area contributed by atoms with E-state index >= 15 is 0 Å². The third-order valence-corrected chi connectivity index (χ3v) is 3.44. The lowest BCUT2D eigenvalue weighted by atomic mass is 10.1. The van der Waals surface area contributed by atoms with Crippen molar-refractivity contribution < 1.29 is 22.7 Å². The second kappa shape index (κ2) is 7.68. The van der Waals surface area contributed by atoms with Crippen LogP contribution < -0.4 is 5.32 Å². The molecule has 0 fully saturated rings. The molecule has 0 saturated carbocycles. The topological polar surface area (TPSA) is 38.3 Å². The number of anilines is 1. The smallest absolute Gasteiger partial charge is 0.418 e. The van der Waals surface area contributed by atoms with Gasteiger partial charge in [-0.15, -0.1) is 0 Å². The van der Waals surface area contributed by atoms with Crippen molar-refractivity contribution >= 4 is 27.6 Å². The molecule has 0 spiro atoms. The molecule has 1 aromatic rings. The summed E-state index contributed by atoms with van der Waals surface area (Å²) in [7, 11) is 1.22. The maximum Gasteiger partial charge on any atom is 0.418 e. The zero-order chi connectivity index (χ0) is 16.0. The molecule has 3 nitrogen and oxygen atoms in total. The lowest BCUT2D eigenvalue weighted by molar-refractivity contribution is -0.142. The molecule has 0 aliphatic rings. The molecule has 1 atom stereocenters. The van der Waals surface area contributed by atoms with E-state index in [-0.39, 0.29) is 5.69 Å². The Morgan fingerprint density at radius 3 is 2.62 bits per heavy atom. The minimum Gasteiger partial charge on any atom is -0.467 e. The van der Waals surface area contributed by atoms with Gasteiger partial charge in [-0.1, -0.05) is 35.7 Å². The highest BCUT2D eigenvalue weighted by Crippen LogP contribution is 2.37. The molecule has 21 heavy (non-hydrogen) atoms. The molecule has 0 aliphatic carbocycles. The van der Waals surface area contributed by atoms with Crippen LogP contribution in [0.25, 0.3) is 0 Å². The molecule has 1 aromatic carbocycles. The fourth-order valence-corrected chi connectivity index (χ4v) is 2.23. The third-order valence-electron chi connectivity index (χ3n) is 2.95. The lowest BCUT2D eigenvalue weighted by Crippen LogP contribution is -2.31. The molecule has 1 N–H and O–H groups in total. The number of methoxy groups -OCH3 is 1. The number of benzene rings is 1. The van der Waals surface area contributed by atoms with Crippen LogP contribution in [0.4, 0.5) is 18.9 Å². The van der Waals surface area contributed by atoms with Gasteiger partial charge in [-0.3, -0.25) is 0 Å². The number of hydrogen-bond donors (Lipinski definition) is 1. The van der Waals surface area contributed by atoms with E-state index in [1.54, 1.807) is 0 Å². The largest absolute Gasteiger partial charge is 0.467 e. The van der Waals surface area contributed by atoms with Gasteiger partial charge in [-0.05, 0) is 24.6 Å². The van der Waals surface area contributed by atoms with E-state index in [9.17, 15) is 18.0 Å². The van der Waals surface area contributed by atoms with Crippen molar-refractivity contribution in [3.8, 4) is 0 Å². The van der Waals surface area contributed by atoms with Crippen molar-refractivity contribution in [2.45, 2.75) is 38.4 Å². The van der Waals surface area contributed by atoms with Crippen molar-refractivity contribution in [3.05, 3.63) is 28.2 Å².